The molecule has 0 unspecified atom stereocenters. The predicted octanol–water partition coefficient (Wildman–Crippen LogP) is 2.39. The van der Waals surface area contributed by atoms with Gasteiger partial charge in [0.15, 0.2) is 0 Å². The summed E-state index contributed by atoms with van der Waals surface area (Å²) in [6.45, 7) is 10.9. The van der Waals surface area contributed by atoms with Gasteiger partial charge in [-0.15, -0.1) is 0 Å². The lowest BCUT2D eigenvalue weighted by Gasteiger charge is -2.23. The summed E-state index contributed by atoms with van der Waals surface area (Å²) in [6, 6.07) is 4.32. The molecule has 0 saturated carbocycles. The number of methoxy groups -OCH3 is 1. The minimum absolute atomic E-state index is 0.131. The van der Waals surface area contributed by atoms with Gasteiger partial charge in [0.1, 0.15) is 5.75 Å². The molecule has 18 heavy (non-hydrogen) atoms. The minimum atomic E-state index is 0.131. The maximum atomic E-state index is 5.73. The van der Waals surface area contributed by atoms with Crippen molar-refractivity contribution in [2.45, 2.75) is 34.2 Å². The van der Waals surface area contributed by atoms with Crippen LogP contribution in [0.1, 0.15) is 30.5 Å². The molecule has 0 bridgehead atoms. The lowest BCUT2D eigenvalue weighted by atomic mass is 9.94. The first kappa shape index (κ1) is 15.0. The van der Waals surface area contributed by atoms with E-state index in [9.17, 15) is 0 Å². The average molecular weight is 250 g/mol. The Morgan fingerprint density at radius 1 is 1.28 bits per heavy atom. The molecule has 1 rings (SSSR count). The fourth-order valence-electron chi connectivity index (χ4n) is 2.07. The van der Waals surface area contributed by atoms with Crippen LogP contribution in [0.4, 0.5) is 0 Å². The maximum Gasteiger partial charge on any atom is 0.126 e. The number of rotatable bonds is 6. The summed E-state index contributed by atoms with van der Waals surface area (Å²) in [6.07, 6.45) is 0. The lowest BCUT2D eigenvalue weighted by Crippen LogP contribution is -2.35. The zero-order valence-electron chi connectivity index (χ0n) is 12.3. The van der Waals surface area contributed by atoms with Crippen molar-refractivity contribution in [3.63, 3.8) is 0 Å². The van der Waals surface area contributed by atoms with Crippen molar-refractivity contribution in [3.05, 3.63) is 28.8 Å². The second kappa shape index (κ2) is 6.21. The molecule has 0 amide bonds. The molecule has 0 aromatic heterocycles. The summed E-state index contributed by atoms with van der Waals surface area (Å²) in [4.78, 5) is 0. The zero-order chi connectivity index (χ0) is 13.8. The standard InChI is InChI=1S/C15H26N2O/c1-11-6-12(2)14(18-5)13(7-11)8-17-10-15(3,4)9-16/h6-7,17H,8-10,16H2,1-5H3. The SMILES string of the molecule is COc1c(C)cc(C)cc1CNCC(C)(C)CN. The molecule has 1 aromatic rings. The Bertz CT molecular complexity index is 400. The number of ether oxygens (including phenoxy) is 1. The Labute approximate surface area is 111 Å². The van der Waals surface area contributed by atoms with Gasteiger partial charge in [0.05, 0.1) is 7.11 Å². The normalized spacial score (nSPS) is 11.7. The molecule has 3 N–H and O–H groups in total. The van der Waals surface area contributed by atoms with Crippen molar-refractivity contribution in [1.82, 2.24) is 5.32 Å². The fraction of sp³-hybridized carbons (Fsp3) is 0.600. The first-order chi connectivity index (χ1) is 8.39. The molecule has 3 heteroatoms. The predicted molar refractivity (Wildman–Crippen MR) is 77.0 cm³/mol. The Hall–Kier alpha value is -1.06. The van der Waals surface area contributed by atoms with E-state index >= 15 is 0 Å². The molecule has 0 aliphatic carbocycles. The minimum Gasteiger partial charge on any atom is -0.496 e. The van der Waals surface area contributed by atoms with E-state index < -0.39 is 0 Å². The van der Waals surface area contributed by atoms with Gasteiger partial charge in [0, 0.05) is 18.7 Å². The lowest BCUT2D eigenvalue weighted by molar-refractivity contribution is 0.348. The van der Waals surface area contributed by atoms with E-state index in [0.29, 0.717) is 6.54 Å². The van der Waals surface area contributed by atoms with Crippen molar-refractivity contribution in [2.75, 3.05) is 20.2 Å². The van der Waals surface area contributed by atoms with E-state index in [1.165, 1.54) is 16.7 Å². The molecule has 0 atom stereocenters. The molecular formula is C15H26N2O. The van der Waals surface area contributed by atoms with Crippen LogP contribution in [0.5, 0.6) is 5.75 Å². The van der Waals surface area contributed by atoms with Gasteiger partial charge in [0.2, 0.25) is 0 Å². The van der Waals surface area contributed by atoms with Crippen molar-refractivity contribution in [1.29, 1.82) is 0 Å². The molecule has 3 nitrogen and oxygen atoms in total. The maximum absolute atomic E-state index is 5.73. The quantitative estimate of drug-likeness (QED) is 0.815. The molecule has 0 spiro atoms. The van der Waals surface area contributed by atoms with E-state index in [1.807, 2.05) is 0 Å². The van der Waals surface area contributed by atoms with Crippen molar-refractivity contribution < 1.29 is 4.74 Å². The molecule has 0 fully saturated rings. The average Bonchev–Trinajstić information content (AvgIpc) is 2.28. The van der Waals surface area contributed by atoms with Crippen LogP contribution in [0.2, 0.25) is 0 Å². The largest absolute Gasteiger partial charge is 0.496 e. The van der Waals surface area contributed by atoms with Gasteiger partial charge in [-0.05, 0) is 31.4 Å². The zero-order valence-corrected chi connectivity index (χ0v) is 12.3. The van der Waals surface area contributed by atoms with Crippen molar-refractivity contribution in [3.8, 4) is 5.75 Å². The molecular weight excluding hydrogens is 224 g/mol. The highest BCUT2D eigenvalue weighted by atomic mass is 16.5. The summed E-state index contributed by atoms with van der Waals surface area (Å²) in [5.74, 6) is 0.985. The summed E-state index contributed by atoms with van der Waals surface area (Å²) >= 11 is 0. The van der Waals surface area contributed by atoms with Crippen LogP contribution < -0.4 is 15.8 Å². The van der Waals surface area contributed by atoms with Crippen molar-refractivity contribution in [2.24, 2.45) is 11.1 Å². The van der Waals surface area contributed by atoms with Gasteiger partial charge in [0.25, 0.3) is 0 Å². The van der Waals surface area contributed by atoms with Crippen LogP contribution >= 0.6 is 0 Å². The number of hydrogen-bond donors (Lipinski definition) is 2. The van der Waals surface area contributed by atoms with Crippen LogP contribution in [-0.4, -0.2) is 20.2 Å². The van der Waals surface area contributed by atoms with Crippen LogP contribution in [0.25, 0.3) is 0 Å². The molecule has 102 valence electrons. The van der Waals surface area contributed by atoms with E-state index in [4.69, 9.17) is 10.5 Å². The Balaban J connectivity index is 2.73. The summed E-state index contributed by atoms with van der Waals surface area (Å²) < 4.78 is 5.48. The molecule has 0 aliphatic heterocycles. The van der Waals surface area contributed by atoms with Gasteiger partial charge in [-0.2, -0.15) is 0 Å². The van der Waals surface area contributed by atoms with E-state index in [2.05, 4.69) is 45.1 Å². The highest BCUT2D eigenvalue weighted by Gasteiger charge is 2.15. The number of aryl methyl sites for hydroxylation is 2. The van der Waals surface area contributed by atoms with Gasteiger partial charge in [-0.1, -0.05) is 31.5 Å². The third kappa shape index (κ3) is 4.00. The van der Waals surface area contributed by atoms with Crippen LogP contribution in [0.15, 0.2) is 12.1 Å². The first-order valence-electron chi connectivity index (χ1n) is 6.44. The highest BCUT2D eigenvalue weighted by molar-refractivity contribution is 5.43. The molecule has 1 aromatic carbocycles. The molecule has 0 aliphatic rings. The second-order valence-corrected chi connectivity index (χ2v) is 5.75. The van der Waals surface area contributed by atoms with Gasteiger partial charge < -0.3 is 15.8 Å². The monoisotopic (exact) mass is 250 g/mol. The van der Waals surface area contributed by atoms with E-state index in [-0.39, 0.29) is 5.41 Å². The van der Waals surface area contributed by atoms with Gasteiger partial charge in [-0.25, -0.2) is 0 Å². The van der Waals surface area contributed by atoms with E-state index in [1.54, 1.807) is 7.11 Å². The molecule has 0 heterocycles. The number of nitrogens with one attached hydrogen (secondary N) is 1. The van der Waals surface area contributed by atoms with Crippen LogP contribution in [0.3, 0.4) is 0 Å². The Morgan fingerprint density at radius 3 is 2.50 bits per heavy atom. The first-order valence-corrected chi connectivity index (χ1v) is 6.44. The summed E-state index contributed by atoms with van der Waals surface area (Å²) in [5, 5.41) is 3.46. The summed E-state index contributed by atoms with van der Waals surface area (Å²) in [7, 11) is 1.73. The summed E-state index contributed by atoms with van der Waals surface area (Å²) in [5.41, 5.74) is 9.52. The Kier molecular flexibility index (Phi) is 5.17. The van der Waals surface area contributed by atoms with Crippen molar-refractivity contribution >= 4 is 0 Å². The third-order valence-electron chi connectivity index (χ3n) is 3.17. The Morgan fingerprint density at radius 2 is 1.94 bits per heavy atom. The number of benzene rings is 1. The number of nitrogens with two attached hydrogens (primary N) is 1. The smallest absolute Gasteiger partial charge is 0.126 e. The van der Waals surface area contributed by atoms with E-state index in [0.717, 1.165) is 18.8 Å². The van der Waals surface area contributed by atoms with Crippen LogP contribution in [0, 0.1) is 19.3 Å². The van der Waals surface area contributed by atoms with Gasteiger partial charge in [-0.3, -0.25) is 0 Å². The molecule has 0 radical (unpaired) electrons. The molecule has 0 saturated heterocycles. The van der Waals surface area contributed by atoms with Gasteiger partial charge >= 0.3 is 0 Å². The topological polar surface area (TPSA) is 47.3 Å². The fourth-order valence-corrected chi connectivity index (χ4v) is 2.07. The highest BCUT2D eigenvalue weighted by Crippen LogP contribution is 2.25. The third-order valence-corrected chi connectivity index (χ3v) is 3.17. The van der Waals surface area contributed by atoms with Crippen LogP contribution in [-0.2, 0) is 6.54 Å². The number of hydrogen-bond acceptors (Lipinski definition) is 3. The second-order valence-electron chi connectivity index (χ2n) is 5.75.